The number of benzene rings is 1. The van der Waals surface area contributed by atoms with Gasteiger partial charge in [0.25, 0.3) is 0 Å². The van der Waals surface area contributed by atoms with Crippen molar-refractivity contribution in [3.05, 3.63) is 24.3 Å². The highest BCUT2D eigenvalue weighted by Crippen LogP contribution is 2.22. The van der Waals surface area contributed by atoms with Crippen molar-refractivity contribution in [2.75, 3.05) is 31.2 Å². The fraction of sp³-hybridized carbons (Fsp3) is 0.625. The lowest BCUT2D eigenvalue weighted by molar-refractivity contribution is 0.295. The lowest BCUT2D eigenvalue weighted by Crippen LogP contribution is -2.25. The Balaban J connectivity index is 2.58. The molecule has 21 heavy (non-hydrogen) atoms. The van der Waals surface area contributed by atoms with Crippen molar-refractivity contribution in [3.63, 3.8) is 0 Å². The van der Waals surface area contributed by atoms with E-state index in [2.05, 4.69) is 31.0 Å². The molecule has 0 saturated carbocycles. The van der Waals surface area contributed by atoms with Crippen LogP contribution >= 0.6 is 0 Å². The Labute approximate surface area is 129 Å². The Morgan fingerprint density at radius 1 is 1.19 bits per heavy atom. The summed E-state index contributed by atoms with van der Waals surface area (Å²) in [6.45, 7) is 9.69. The van der Waals surface area contributed by atoms with E-state index in [1.165, 1.54) is 6.26 Å². The summed E-state index contributed by atoms with van der Waals surface area (Å²) in [6, 6.07) is 7.35. The standard InChI is InChI=1S/C16H28N2O2S/c1-5-18(6-2)13-9-10-14(3)17-15-11-7-8-12-16(15)21(4,19)20/h7-8,11-12,14,17H,5-6,9-10,13H2,1-4H3. The molecule has 1 aromatic carbocycles. The summed E-state index contributed by atoms with van der Waals surface area (Å²) >= 11 is 0. The van der Waals surface area contributed by atoms with E-state index in [4.69, 9.17) is 0 Å². The summed E-state index contributed by atoms with van der Waals surface area (Å²) in [5.41, 5.74) is 0.704. The maximum atomic E-state index is 11.8. The van der Waals surface area contributed by atoms with Gasteiger partial charge in [0, 0.05) is 12.3 Å². The van der Waals surface area contributed by atoms with Gasteiger partial charge in [-0.05, 0) is 51.5 Å². The van der Waals surface area contributed by atoms with Crippen molar-refractivity contribution in [1.82, 2.24) is 4.90 Å². The smallest absolute Gasteiger partial charge is 0.177 e. The lowest BCUT2D eigenvalue weighted by atomic mass is 10.1. The van der Waals surface area contributed by atoms with Gasteiger partial charge >= 0.3 is 0 Å². The van der Waals surface area contributed by atoms with Crippen molar-refractivity contribution < 1.29 is 8.42 Å². The molecule has 5 heteroatoms. The number of hydrogen-bond donors (Lipinski definition) is 1. The Bertz CT molecular complexity index is 525. The number of hydrogen-bond acceptors (Lipinski definition) is 4. The van der Waals surface area contributed by atoms with Crippen LogP contribution in [0.25, 0.3) is 0 Å². The van der Waals surface area contributed by atoms with Crippen LogP contribution in [0.3, 0.4) is 0 Å². The van der Waals surface area contributed by atoms with E-state index in [1.54, 1.807) is 12.1 Å². The van der Waals surface area contributed by atoms with Crippen LogP contribution in [-0.2, 0) is 9.84 Å². The van der Waals surface area contributed by atoms with E-state index >= 15 is 0 Å². The normalized spacial score (nSPS) is 13.4. The van der Waals surface area contributed by atoms with Gasteiger partial charge in [-0.1, -0.05) is 26.0 Å². The van der Waals surface area contributed by atoms with E-state index in [1.807, 2.05) is 12.1 Å². The van der Waals surface area contributed by atoms with Crippen molar-refractivity contribution in [3.8, 4) is 0 Å². The molecule has 4 nitrogen and oxygen atoms in total. The minimum Gasteiger partial charge on any atom is -0.382 e. The van der Waals surface area contributed by atoms with Gasteiger partial charge in [-0.25, -0.2) is 8.42 Å². The molecule has 0 aromatic heterocycles. The Hall–Kier alpha value is -1.07. The van der Waals surface area contributed by atoms with Crippen LogP contribution in [0, 0.1) is 0 Å². The maximum Gasteiger partial charge on any atom is 0.177 e. The van der Waals surface area contributed by atoms with Crippen molar-refractivity contribution >= 4 is 15.5 Å². The number of rotatable bonds is 9. The molecule has 0 bridgehead atoms. The Morgan fingerprint density at radius 3 is 2.38 bits per heavy atom. The quantitative estimate of drug-likeness (QED) is 0.761. The largest absolute Gasteiger partial charge is 0.382 e. The molecule has 1 rings (SSSR count). The SMILES string of the molecule is CCN(CC)CCCC(C)Nc1ccccc1S(C)(=O)=O. The molecule has 0 aliphatic heterocycles. The highest BCUT2D eigenvalue weighted by molar-refractivity contribution is 7.90. The highest BCUT2D eigenvalue weighted by atomic mass is 32.2. The Morgan fingerprint density at radius 2 is 1.81 bits per heavy atom. The van der Waals surface area contributed by atoms with Crippen LogP contribution in [0.5, 0.6) is 0 Å². The first-order chi connectivity index (χ1) is 9.88. The summed E-state index contributed by atoms with van der Waals surface area (Å²) < 4.78 is 23.5. The minimum atomic E-state index is -3.19. The summed E-state index contributed by atoms with van der Waals surface area (Å²) in [6.07, 6.45) is 3.38. The average molecular weight is 312 g/mol. The molecule has 0 saturated heterocycles. The number of nitrogens with one attached hydrogen (secondary N) is 1. The third-order valence-corrected chi connectivity index (χ3v) is 4.85. The number of para-hydroxylation sites is 1. The van der Waals surface area contributed by atoms with E-state index in [0.29, 0.717) is 10.6 Å². The summed E-state index contributed by atoms with van der Waals surface area (Å²) in [4.78, 5) is 2.78. The topological polar surface area (TPSA) is 49.4 Å². The van der Waals surface area contributed by atoms with E-state index in [-0.39, 0.29) is 6.04 Å². The summed E-state index contributed by atoms with van der Waals surface area (Å²) in [5, 5.41) is 3.33. The van der Waals surface area contributed by atoms with E-state index < -0.39 is 9.84 Å². The van der Waals surface area contributed by atoms with E-state index in [9.17, 15) is 8.42 Å². The molecule has 1 N–H and O–H groups in total. The van der Waals surface area contributed by atoms with Gasteiger partial charge in [0.15, 0.2) is 9.84 Å². The third kappa shape index (κ3) is 6.06. The molecule has 1 aromatic rings. The van der Waals surface area contributed by atoms with Crippen LogP contribution in [0.15, 0.2) is 29.2 Å². The van der Waals surface area contributed by atoms with Crippen LogP contribution in [-0.4, -0.2) is 45.2 Å². The second-order valence-electron chi connectivity index (χ2n) is 5.48. The fourth-order valence-electron chi connectivity index (χ4n) is 2.41. The highest BCUT2D eigenvalue weighted by Gasteiger charge is 2.14. The average Bonchev–Trinajstić information content (AvgIpc) is 2.43. The molecule has 0 spiro atoms. The van der Waals surface area contributed by atoms with E-state index in [0.717, 1.165) is 32.5 Å². The zero-order valence-corrected chi connectivity index (χ0v) is 14.4. The third-order valence-electron chi connectivity index (χ3n) is 3.69. The predicted octanol–water partition coefficient (Wildman–Crippen LogP) is 3.01. The van der Waals surface area contributed by atoms with Gasteiger partial charge < -0.3 is 10.2 Å². The predicted molar refractivity (Wildman–Crippen MR) is 89.7 cm³/mol. The summed E-state index contributed by atoms with van der Waals surface area (Å²) in [7, 11) is -3.19. The number of nitrogens with zero attached hydrogens (tertiary/aromatic N) is 1. The molecular formula is C16H28N2O2S. The monoisotopic (exact) mass is 312 g/mol. The van der Waals surface area contributed by atoms with Gasteiger partial charge in [-0.15, -0.1) is 0 Å². The van der Waals surface area contributed by atoms with Crippen LogP contribution < -0.4 is 5.32 Å². The van der Waals surface area contributed by atoms with Crippen LogP contribution in [0.2, 0.25) is 0 Å². The van der Waals surface area contributed by atoms with Gasteiger partial charge in [0.05, 0.1) is 10.6 Å². The zero-order valence-electron chi connectivity index (χ0n) is 13.6. The molecule has 0 aliphatic rings. The molecule has 0 heterocycles. The van der Waals surface area contributed by atoms with Crippen molar-refractivity contribution in [2.45, 2.75) is 44.6 Å². The van der Waals surface area contributed by atoms with Crippen LogP contribution in [0.1, 0.15) is 33.6 Å². The molecular weight excluding hydrogens is 284 g/mol. The van der Waals surface area contributed by atoms with Gasteiger partial charge in [-0.2, -0.15) is 0 Å². The maximum absolute atomic E-state index is 11.8. The Kier molecular flexibility index (Phi) is 7.18. The van der Waals surface area contributed by atoms with Gasteiger partial charge in [0.1, 0.15) is 0 Å². The lowest BCUT2D eigenvalue weighted by Gasteiger charge is -2.21. The number of sulfone groups is 1. The minimum absolute atomic E-state index is 0.253. The second-order valence-corrected chi connectivity index (χ2v) is 7.47. The van der Waals surface area contributed by atoms with Crippen LogP contribution in [0.4, 0.5) is 5.69 Å². The fourth-order valence-corrected chi connectivity index (χ4v) is 3.26. The van der Waals surface area contributed by atoms with Gasteiger partial charge in [0.2, 0.25) is 0 Å². The molecule has 0 amide bonds. The molecule has 0 radical (unpaired) electrons. The van der Waals surface area contributed by atoms with Crippen molar-refractivity contribution in [2.24, 2.45) is 0 Å². The molecule has 1 atom stereocenters. The number of anilines is 1. The molecule has 120 valence electrons. The molecule has 0 aliphatic carbocycles. The van der Waals surface area contributed by atoms with Gasteiger partial charge in [-0.3, -0.25) is 0 Å². The molecule has 0 fully saturated rings. The zero-order chi connectivity index (χ0) is 15.9. The molecule has 1 unspecified atom stereocenters. The second kappa shape index (κ2) is 8.39. The van der Waals surface area contributed by atoms with Crippen molar-refractivity contribution in [1.29, 1.82) is 0 Å². The first-order valence-electron chi connectivity index (χ1n) is 7.66. The first-order valence-corrected chi connectivity index (χ1v) is 9.55. The summed E-state index contributed by atoms with van der Waals surface area (Å²) in [5.74, 6) is 0. The first kappa shape index (κ1) is 18.0.